The number of rotatable bonds is 3. The number of hydrogen-bond acceptors (Lipinski definition) is 4. The van der Waals surface area contributed by atoms with Crippen molar-refractivity contribution in [3.05, 3.63) is 33.8 Å². The van der Waals surface area contributed by atoms with Crippen molar-refractivity contribution in [3.63, 3.8) is 0 Å². The van der Waals surface area contributed by atoms with E-state index in [0.717, 1.165) is 18.7 Å². The van der Waals surface area contributed by atoms with Crippen LogP contribution in [-0.4, -0.2) is 31.2 Å². The number of aliphatic imine (C=N–C) groups is 1. The second-order valence-electron chi connectivity index (χ2n) is 3.55. The van der Waals surface area contributed by atoms with Crippen molar-refractivity contribution in [3.8, 4) is 0 Å². The molecule has 1 aromatic rings. The van der Waals surface area contributed by atoms with Gasteiger partial charge in [-0.15, -0.1) is 0 Å². The van der Waals surface area contributed by atoms with Crippen LogP contribution >= 0.6 is 23.2 Å². The molecule has 17 heavy (non-hydrogen) atoms. The van der Waals surface area contributed by atoms with Crippen molar-refractivity contribution in [2.24, 2.45) is 4.99 Å². The molecular weight excluding hydrogens is 261 g/mol. The molecule has 0 saturated heterocycles. The van der Waals surface area contributed by atoms with Crippen LogP contribution in [0.25, 0.3) is 0 Å². The lowest BCUT2D eigenvalue weighted by Gasteiger charge is -2.22. The molecule has 0 bridgehead atoms. The van der Waals surface area contributed by atoms with Gasteiger partial charge < -0.3 is 5.32 Å². The topological polar surface area (TPSA) is 36.9 Å². The summed E-state index contributed by atoms with van der Waals surface area (Å²) in [5, 5.41) is 6.02. The quantitative estimate of drug-likeness (QED) is 0.859. The van der Waals surface area contributed by atoms with E-state index in [0.29, 0.717) is 22.5 Å². The largest absolute Gasteiger partial charge is 0.353 e. The molecule has 0 aliphatic carbocycles. The van der Waals surface area contributed by atoms with Crippen LogP contribution in [0, 0.1) is 0 Å². The highest BCUT2D eigenvalue weighted by Gasteiger charge is 2.17. The molecule has 0 amide bonds. The molecule has 0 atom stereocenters. The molecule has 1 aromatic carbocycles. The van der Waals surface area contributed by atoms with Crippen molar-refractivity contribution < 1.29 is 4.84 Å². The van der Waals surface area contributed by atoms with Gasteiger partial charge in [-0.2, -0.15) is 0 Å². The Balaban J connectivity index is 2.18. The van der Waals surface area contributed by atoms with Gasteiger partial charge in [-0.05, 0) is 12.1 Å². The van der Waals surface area contributed by atoms with Crippen molar-refractivity contribution in [2.75, 3.05) is 20.2 Å². The highest BCUT2D eigenvalue weighted by atomic mass is 35.5. The first kappa shape index (κ1) is 12.5. The molecule has 1 aliphatic heterocycles. The Kier molecular flexibility index (Phi) is 4.10. The van der Waals surface area contributed by atoms with Crippen LogP contribution in [0.2, 0.25) is 10.0 Å². The van der Waals surface area contributed by atoms with Crippen LogP contribution < -0.4 is 5.32 Å². The summed E-state index contributed by atoms with van der Waals surface area (Å²) in [5.41, 5.74) is 0.828. The minimum absolute atomic E-state index is 0.459. The summed E-state index contributed by atoms with van der Waals surface area (Å²) in [6.07, 6.45) is 0. The maximum Gasteiger partial charge on any atom is 0.218 e. The van der Waals surface area contributed by atoms with Gasteiger partial charge in [-0.3, -0.25) is 4.84 Å². The van der Waals surface area contributed by atoms with E-state index in [2.05, 4.69) is 10.3 Å². The van der Waals surface area contributed by atoms with E-state index in [1.807, 2.05) is 6.07 Å². The number of guanidine groups is 1. The second kappa shape index (κ2) is 5.58. The highest BCUT2D eigenvalue weighted by Crippen LogP contribution is 2.25. The van der Waals surface area contributed by atoms with E-state index in [-0.39, 0.29) is 0 Å². The zero-order chi connectivity index (χ0) is 12.3. The first-order valence-electron chi connectivity index (χ1n) is 5.25. The zero-order valence-corrected chi connectivity index (χ0v) is 10.9. The first-order chi connectivity index (χ1) is 8.22. The Bertz CT molecular complexity index is 416. The molecule has 92 valence electrons. The fourth-order valence-corrected chi connectivity index (χ4v) is 2.12. The number of nitrogens with one attached hydrogen (secondary N) is 1. The van der Waals surface area contributed by atoms with Crippen LogP contribution in [0.4, 0.5) is 0 Å². The predicted molar refractivity (Wildman–Crippen MR) is 69.3 cm³/mol. The number of benzene rings is 1. The van der Waals surface area contributed by atoms with Crippen LogP contribution in [-0.2, 0) is 11.4 Å². The fourth-order valence-electron chi connectivity index (χ4n) is 1.61. The Morgan fingerprint density at radius 2 is 2.12 bits per heavy atom. The molecule has 1 aliphatic rings. The molecule has 6 heteroatoms. The van der Waals surface area contributed by atoms with Crippen molar-refractivity contribution in [2.45, 2.75) is 6.54 Å². The third-order valence-corrected chi connectivity index (χ3v) is 3.18. The lowest BCUT2D eigenvalue weighted by atomic mass is 10.2. The van der Waals surface area contributed by atoms with E-state index in [4.69, 9.17) is 28.0 Å². The second-order valence-corrected chi connectivity index (χ2v) is 4.37. The van der Waals surface area contributed by atoms with Gasteiger partial charge in [0.15, 0.2) is 0 Å². The Hall–Kier alpha value is -0.970. The molecule has 4 nitrogen and oxygen atoms in total. The SMILES string of the molecule is CON(Cc1c(Cl)cccc1Cl)C1=NCCN1. The van der Waals surface area contributed by atoms with E-state index < -0.39 is 0 Å². The van der Waals surface area contributed by atoms with Crippen molar-refractivity contribution >= 4 is 29.2 Å². The van der Waals surface area contributed by atoms with Gasteiger partial charge in [-0.1, -0.05) is 29.3 Å². The zero-order valence-electron chi connectivity index (χ0n) is 9.41. The molecule has 0 fully saturated rings. The monoisotopic (exact) mass is 273 g/mol. The number of hydrogen-bond donors (Lipinski definition) is 1. The Morgan fingerprint density at radius 3 is 2.65 bits per heavy atom. The maximum absolute atomic E-state index is 6.11. The normalized spacial score (nSPS) is 14.4. The van der Waals surface area contributed by atoms with Gasteiger partial charge in [0.2, 0.25) is 5.96 Å². The summed E-state index contributed by atoms with van der Waals surface area (Å²) >= 11 is 12.2. The molecule has 2 rings (SSSR count). The third-order valence-electron chi connectivity index (χ3n) is 2.48. The van der Waals surface area contributed by atoms with Gasteiger partial charge in [0.1, 0.15) is 0 Å². The molecule has 0 aromatic heterocycles. The van der Waals surface area contributed by atoms with E-state index in [9.17, 15) is 0 Å². The summed E-state index contributed by atoms with van der Waals surface area (Å²) in [4.78, 5) is 9.55. The van der Waals surface area contributed by atoms with Gasteiger partial charge in [0.25, 0.3) is 0 Å². The molecule has 1 heterocycles. The number of halogens is 2. The van der Waals surface area contributed by atoms with Crippen LogP contribution in [0.15, 0.2) is 23.2 Å². The highest BCUT2D eigenvalue weighted by molar-refractivity contribution is 6.36. The lowest BCUT2D eigenvalue weighted by Crippen LogP contribution is -2.37. The van der Waals surface area contributed by atoms with E-state index >= 15 is 0 Å². The van der Waals surface area contributed by atoms with Gasteiger partial charge in [-0.25, -0.2) is 10.1 Å². The molecule has 1 N–H and O–H groups in total. The van der Waals surface area contributed by atoms with Gasteiger partial charge in [0, 0.05) is 22.2 Å². The molecule has 0 saturated carbocycles. The lowest BCUT2D eigenvalue weighted by molar-refractivity contribution is -0.0746. The average Bonchev–Trinajstić information content (AvgIpc) is 2.82. The fraction of sp³-hybridized carbons (Fsp3) is 0.364. The van der Waals surface area contributed by atoms with Crippen LogP contribution in [0.1, 0.15) is 5.56 Å². The summed E-state index contributed by atoms with van der Waals surface area (Å²) in [7, 11) is 1.59. The minimum atomic E-state index is 0.459. The third kappa shape index (κ3) is 2.83. The van der Waals surface area contributed by atoms with Gasteiger partial charge >= 0.3 is 0 Å². The standard InChI is InChI=1S/C11H13Cl2N3O/c1-17-16(11-14-5-6-15-11)7-8-9(12)3-2-4-10(8)13/h2-4H,5-7H2,1H3,(H,14,15). The summed E-state index contributed by atoms with van der Waals surface area (Å²) in [6, 6.07) is 5.43. The Morgan fingerprint density at radius 1 is 1.41 bits per heavy atom. The van der Waals surface area contributed by atoms with Gasteiger partial charge in [0.05, 0.1) is 20.2 Å². The first-order valence-corrected chi connectivity index (χ1v) is 6.01. The van der Waals surface area contributed by atoms with E-state index in [1.165, 1.54) is 0 Å². The molecule has 0 radical (unpaired) electrons. The summed E-state index contributed by atoms with van der Waals surface area (Å²) in [6.45, 7) is 2.04. The van der Waals surface area contributed by atoms with E-state index in [1.54, 1.807) is 24.3 Å². The number of nitrogens with zero attached hydrogens (tertiary/aromatic N) is 2. The van der Waals surface area contributed by atoms with Crippen molar-refractivity contribution in [1.29, 1.82) is 0 Å². The Labute approximate surface area is 110 Å². The molecule has 0 unspecified atom stereocenters. The number of hydroxylamine groups is 2. The predicted octanol–water partition coefficient (Wildman–Crippen LogP) is 2.32. The van der Waals surface area contributed by atoms with Crippen LogP contribution in [0.5, 0.6) is 0 Å². The van der Waals surface area contributed by atoms with Crippen molar-refractivity contribution in [1.82, 2.24) is 10.4 Å². The summed E-state index contributed by atoms with van der Waals surface area (Å²) < 4.78 is 0. The minimum Gasteiger partial charge on any atom is -0.353 e. The smallest absolute Gasteiger partial charge is 0.218 e. The average molecular weight is 274 g/mol. The molecular formula is C11H13Cl2N3O. The van der Waals surface area contributed by atoms with Crippen LogP contribution in [0.3, 0.4) is 0 Å². The maximum atomic E-state index is 6.11. The molecule has 0 spiro atoms. The summed E-state index contributed by atoms with van der Waals surface area (Å²) in [5.74, 6) is 0.712.